The number of amides is 3. The number of urea groups is 1. The smallest absolute Gasteiger partial charge is 0.391 e. The summed E-state index contributed by atoms with van der Waals surface area (Å²) in [6, 6.07) is 2.63. The van der Waals surface area contributed by atoms with Crippen molar-refractivity contribution >= 4 is 28.8 Å². The molecule has 1 fully saturated rings. The van der Waals surface area contributed by atoms with Gasteiger partial charge in [-0.1, -0.05) is 13.3 Å². The first-order chi connectivity index (χ1) is 19.7. The lowest BCUT2D eigenvalue weighted by molar-refractivity contribution is -0.148. The maximum absolute atomic E-state index is 15.0. The van der Waals surface area contributed by atoms with Gasteiger partial charge in [-0.15, -0.1) is 0 Å². The molecule has 3 heterocycles. The van der Waals surface area contributed by atoms with Crippen molar-refractivity contribution < 1.29 is 41.0 Å². The largest absolute Gasteiger partial charge is 0.395 e. The molecule has 1 aliphatic heterocycles. The third-order valence-electron chi connectivity index (χ3n) is 6.85. The number of β-amino-alcohol motifs (C(OH)–C–C–N with tert-alkyl or cyclic N) is 1. The molecule has 0 spiro atoms. The number of nitrogens with one attached hydrogen (secondary N) is 1. The number of aliphatic hydroxyl groups is 1. The summed E-state index contributed by atoms with van der Waals surface area (Å²) < 4.78 is 84.3. The van der Waals surface area contributed by atoms with Crippen molar-refractivity contribution in [2.24, 2.45) is 0 Å². The molecule has 226 valence electrons. The first kappa shape index (κ1) is 30.8. The highest BCUT2D eigenvalue weighted by Gasteiger charge is 2.40. The van der Waals surface area contributed by atoms with Crippen molar-refractivity contribution in [2.45, 2.75) is 44.8 Å². The average molecular weight is 600 g/mol. The Hall–Kier alpha value is -4.14. The third kappa shape index (κ3) is 6.20. The van der Waals surface area contributed by atoms with Crippen LogP contribution in [-0.2, 0) is 0 Å². The average Bonchev–Trinajstić information content (AvgIpc) is 3.23. The fourth-order valence-electron chi connectivity index (χ4n) is 5.09. The number of hydrogen-bond acceptors (Lipinski definition) is 5. The van der Waals surface area contributed by atoms with Crippen LogP contribution in [0.5, 0.6) is 0 Å². The Morgan fingerprint density at radius 1 is 1.10 bits per heavy atom. The Morgan fingerprint density at radius 3 is 2.36 bits per heavy atom. The van der Waals surface area contributed by atoms with Crippen LogP contribution in [-0.4, -0.2) is 69.5 Å². The van der Waals surface area contributed by atoms with Crippen molar-refractivity contribution in [1.29, 1.82) is 0 Å². The second kappa shape index (κ2) is 11.6. The van der Waals surface area contributed by atoms with Gasteiger partial charge in [0.1, 0.15) is 22.9 Å². The number of anilines is 1. The number of aliphatic hydroxyl groups excluding tert-OH is 1. The summed E-state index contributed by atoms with van der Waals surface area (Å²) in [6.45, 7) is 2.90. The molecule has 1 saturated heterocycles. The minimum atomic E-state index is -4.65. The van der Waals surface area contributed by atoms with Crippen LogP contribution in [0, 0.1) is 17.5 Å². The second-order valence-electron chi connectivity index (χ2n) is 10.2. The minimum absolute atomic E-state index is 0.0260. The Balaban J connectivity index is 1.91. The molecule has 0 bridgehead atoms. The number of aromatic nitrogens is 2. The number of hydrogen-bond donors (Lipinski definition) is 2. The van der Waals surface area contributed by atoms with Crippen LogP contribution in [0.25, 0.3) is 16.7 Å². The van der Waals surface area contributed by atoms with Crippen molar-refractivity contribution in [1.82, 2.24) is 19.8 Å². The first-order valence-corrected chi connectivity index (χ1v) is 13.0. The van der Waals surface area contributed by atoms with Crippen LogP contribution in [0.2, 0.25) is 0 Å². The van der Waals surface area contributed by atoms with Crippen LogP contribution in [0.15, 0.2) is 35.3 Å². The van der Waals surface area contributed by atoms with E-state index in [2.05, 4.69) is 10.3 Å². The number of nitrogens with zero attached hydrogens (tertiary/aromatic N) is 4. The number of halogens is 6. The number of fused-ring (bicyclic) bond motifs is 1. The molecule has 15 heteroatoms. The van der Waals surface area contributed by atoms with E-state index < -0.39 is 69.9 Å². The van der Waals surface area contributed by atoms with Gasteiger partial charge in [-0.3, -0.25) is 19.1 Å². The Kier molecular flexibility index (Phi) is 8.53. The molecule has 0 aliphatic carbocycles. The summed E-state index contributed by atoms with van der Waals surface area (Å²) in [5, 5.41) is 11.1. The van der Waals surface area contributed by atoms with Gasteiger partial charge in [0.15, 0.2) is 17.3 Å². The van der Waals surface area contributed by atoms with E-state index in [1.807, 2.05) is 0 Å². The molecule has 3 aromatic rings. The van der Waals surface area contributed by atoms with Crippen molar-refractivity contribution in [2.75, 3.05) is 31.1 Å². The van der Waals surface area contributed by atoms with Crippen LogP contribution >= 0.6 is 0 Å². The lowest BCUT2D eigenvalue weighted by Gasteiger charge is -2.31. The molecule has 3 amide bonds. The van der Waals surface area contributed by atoms with E-state index in [4.69, 9.17) is 0 Å². The highest BCUT2D eigenvalue weighted by atomic mass is 19.4. The van der Waals surface area contributed by atoms with Crippen molar-refractivity contribution in [3.8, 4) is 5.69 Å². The van der Waals surface area contributed by atoms with Gasteiger partial charge in [0.05, 0.1) is 18.4 Å². The fraction of sp³-hybridized carbons (Fsp3) is 0.407. The Bertz CT molecular complexity index is 1570. The molecule has 1 aromatic carbocycles. The van der Waals surface area contributed by atoms with E-state index in [0.29, 0.717) is 16.7 Å². The number of benzene rings is 1. The van der Waals surface area contributed by atoms with Gasteiger partial charge in [-0.05, 0) is 25.5 Å². The normalized spacial score (nSPS) is 15.4. The van der Waals surface area contributed by atoms with Gasteiger partial charge in [-0.25, -0.2) is 22.9 Å². The van der Waals surface area contributed by atoms with E-state index in [9.17, 15) is 45.8 Å². The number of pyridine rings is 2. The predicted molar refractivity (Wildman–Crippen MR) is 140 cm³/mol. The van der Waals surface area contributed by atoms with E-state index in [0.717, 1.165) is 12.3 Å². The summed E-state index contributed by atoms with van der Waals surface area (Å²) in [7, 11) is 0. The fourth-order valence-corrected chi connectivity index (χ4v) is 5.09. The van der Waals surface area contributed by atoms with Crippen molar-refractivity contribution in [3.05, 3.63) is 63.7 Å². The van der Waals surface area contributed by atoms with Gasteiger partial charge in [-0.2, -0.15) is 13.2 Å². The molecule has 1 aliphatic rings. The molecule has 2 aromatic heterocycles. The summed E-state index contributed by atoms with van der Waals surface area (Å²) in [6.07, 6.45) is -5.16. The maximum Gasteiger partial charge on any atom is 0.391 e. The highest BCUT2D eigenvalue weighted by Crippen LogP contribution is 2.31. The predicted octanol–water partition coefficient (Wildman–Crippen LogP) is 4.28. The first-order valence-electron chi connectivity index (χ1n) is 13.0. The molecule has 0 saturated carbocycles. The molecule has 1 atom stereocenters. The monoisotopic (exact) mass is 599 g/mol. The minimum Gasteiger partial charge on any atom is -0.395 e. The number of rotatable bonds is 9. The molecule has 42 heavy (non-hydrogen) atoms. The summed E-state index contributed by atoms with van der Waals surface area (Å²) in [4.78, 5) is 46.3. The molecular formula is C27H27F6N5O4. The maximum atomic E-state index is 15.0. The number of alkyl halides is 3. The summed E-state index contributed by atoms with van der Waals surface area (Å²) in [5.74, 6) is -5.34. The van der Waals surface area contributed by atoms with Crippen molar-refractivity contribution in [3.63, 3.8) is 0 Å². The Morgan fingerprint density at radius 2 is 1.76 bits per heavy atom. The van der Waals surface area contributed by atoms with E-state index in [1.54, 1.807) is 6.92 Å². The number of carbonyl (C=O) groups is 2. The van der Waals surface area contributed by atoms with Crippen LogP contribution in [0.4, 0.5) is 37.0 Å². The second-order valence-corrected chi connectivity index (χ2v) is 10.2. The molecule has 4 rings (SSSR count). The molecule has 1 unspecified atom stereocenters. The Labute approximate surface area is 235 Å². The molecular weight excluding hydrogens is 572 g/mol. The lowest BCUT2D eigenvalue weighted by Crippen LogP contribution is -2.49. The van der Waals surface area contributed by atoms with Crippen LogP contribution < -0.4 is 15.6 Å². The zero-order valence-electron chi connectivity index (χ0n) is 22.6. The van der Waals surface area contributed by atoms with Crippen LogP contribution in [0.1, 0.15) is 43.5 Å². The number of carbonyl (C=O) groups excluding carboxylic acids is 2. The van der Waals surface area contributed by atoms with Gasteiger partial charge >= 0.3 is 12.2 Å². The molecule has 2 N–H and O–H groups in total. The van der Waals surface area contributed by atoms with E-state index >= 15 is 0 Å². The van der Waals surface area contributed by atoms with Gasteiger partial charge in [0, 0.05) is 43.5 Å². The standard InChI is InChI=1S/C27H27F6N5O4/c1-3-6-26(2,14-27(31,32)33)35-24(41)17-13-38(21-18(29)11-15(28)12-19(21)30)23-16(22(17)40)4-5-20(34-23)37-8-7-36(9-10-39)25(37)42/h4-5,11-13,39H,3,6-10,14H2,1-2H3,(H,35,41). The SMILES string of the molecule is CCCC(C)(CC(F)(F)F)NC(=O)c1cn(-c2c(F)cc(F)cc2F)c2nc(N3CCN(CCO)C3=O)ccc2c1=O. The zero-order valence-corrected chi connectivity index (χ0v) is 22.6. The zero-order chi connectivity index (χ0) is 31.0. The van der Waals surface area contributed by atoms with Gasteiger partial charge in [0.2, 0.25) is 5.43 Å². The van der Waals surface area contributed by atoms with Crippen LogP contribution in [0.3, 0.4) is 0 Å². The van der Waals surface area contributed by atoms with E-state index in [-0.39, 0.29) is 50.3 Å². The van der Waals surface area contributed by atoms with Gasteiger partial charge in [0.25, 0.3) is 5.91 Å². The molecule has 0 radical (unpaired) electrons. The quantitative estimate of drug-likeness (QED) is 0.357. The third-order valence-corrected chi connectivity index (χ3v) is 6.85. The van der Waals surface area contributed by atoms with Gasteiger partial charge < -0.3 is 15.3 Å². The highest BCUT2D eigenvalue weighted by molar-refractivity contribution is 5.98. The molecule has 9 nitrogen and oxygen atoms in total. The summed E-state index contributed by atoms with van der Waals surface area (Å²) in [5.41, 5.74) is -4.86. The summed E-state index contributed by atoms with van der Waals surface area (Å²) >= 11 is 0. The lowest BCUT2D eigenvalue weighted by atomic mass is 9.91. The van der Waals surface area contributed by atoms with E-state index in [1.165, 1.54) is 22.8 Å². The topological polar surface area (TPSA) is 108 Å².